The molecule has 1 saturated carbocycles. The molecule has 5 heteroatoms. The van der Waals surface area contributed by atoms with E-state index in [1.54, 1.807) is 4.90 Å². The second kappa shape index (κ2) is 6.09. The van der Waals surface area contributed by atoms with E-state index in [2.05, 4.69) is 0 Å². The fourth-order valence-electron chi connectivity index (χ4n) is 2.78. The van der Waals surface area contributed by atoms with Gasteiger partial charge in [0.15, 0.2) is 0 Å². The lowest BCUT2D eigenvalue weighted by atomic mass is 9.83. The summed E-state index contributed by atoms with van der Waals surface area (Å²) in [5.41, 5.74) is 5.80. The first-order valence-electron chi connectivity index (χ1n) is 6.66. The fraction of sp³-hybridized carbons (Fsp3) is 0.769. The van der Waals surface area contributed by atoms with Gasteiger partial charge in [0.2, 0.25) is 5.76 Å². The Labute approximate surface area is 108 Å². The molecular weight excluding hydrogens is 232 g/mol. The largest absolute Gasteiger partial charge is 0.494 e. The average Bonchev–Trinajstić information content (AvgIpc) is 2.46. The third-order valence-electron chi connectivity index (χ3n) is 3.85. The lowest BCUT2D eigenvalue weighted by Gasteiger charge is -2.37. The van der Waals surface area contributed by atoms with Gasteiger partial charge in [-0.1, -0.05) is 12.8 Å². The molecule has 1 aliphatic heterocycles. The molecule has 1 fully saturated rings. The Morgan fingerprint density at radius 3 is 2.89 bits per heavy atom. The second-order valence-electron chi connectivity index (χ2n) is 4.96. The quantitative estimate of drug-likeness (QED) is 0.811. The number of ether oxygens (including phenoxy) is 2. The van der Waals surface area contributed by atoms with Crippen molar-refractivity contribution in [2.75, 3.05) is 26.8 Å². The van der Waals surface area contributed by atoms with E-state index in [4.69, 9.17) is 15.2 Å². The van der Waals surface area contributed by atoms with Gasteiger partial charge in [0.25, 0.3) is 5.91 Å². The van der Waals surface area contributed by atoms with Crippen molar-refractivity contribution in [3.63, 3.8) is 0 Å². The van der Waals surface area contributed by atoms with Crippen molar-refractivity contribution in [2.45, 2.75) is 31.7 Å². The zero-order valence-electron chi connectivity index (χ0n) is 10.9. The zero-order chi connectivity index (χ0) is 13.0. The Hall–Kier alpha value is -1.23. The van der Waals surface area contributed by atoms with Crippen molar-refractivity contribution >= 4 is 5.91 Å². The van der Waals surface area contributed by atoms with Crippen molar-refractivity contribution in [1.82, 2.24) is 4.90 Å². The Kier molecular flexibility index (Phi) is 4.47. The molecule has 0 aromatic carbocycles. The summed E-state index contributed by atoms with van der Waals surface area (Å²) in [6.45, 7) is 1.59. The maximum Gasteiger partial charge on any atom is 0.292 e. The Bertz CT molecular complexity index is 330. The van der Waals surface area contributed by atoms with Gasteiger partial charge in [-0.2, -0.15) is 0 Å². The summed E-state index contributed by atoms with van der Waals surface area (Å²) in [7, 11) is 1.83. The first-order valence-corrected chi connectivity index (χ1v) is 6.66. The number of likely N-dealkylation sites (N-methyl/N-ethyl adjacent to an activating group) is 1. The molecule has 0 spiro atoms. The molecule has 1 heterocycles. The average molecular weight is 254 g/mol. The molecule has 0 radical (unpaired) electrons. The molecule has 18 heavy (non-hydrogen) atoms. The van der Waals surface area contributed by atoms with Crippen LogP contribution in [0.2, 0.25) is 0 Å². The van der Waals surface area contributed by atoms with Crippen LogP contribution in [0.25, 0.3) is 0 Å². The lowest BCUT2D eigenvalue weighted by molar-refractivity contribution is -0.134. The van der Waals surface area contributed by atoms with Crippen molar-refractivity contribution in [3.05, 3.63) is 12.0 Å². The number of nitrogens with two attached hydrogens (primary N) is 1. The van der Waals surface area contributed by atoms with Crippen LogP contribution in [-0.2, 0) is 14.3 Å². The smallest absolute Gasteiger partial charge is 0.292 e. The normalized spacial score (nSPS) is 27.8. The standard InChI is InChI=1S/C13H22N2O3/c1-15(11-5-3-2-4-10(11)8-14)13(16)12-9-17-6-7-18-12/h9-11H,2-8,14H2,1H3. The van der Waals surface area contributed by atoms with Gasteiger partial charge >= 0.3 is 0 Å². The highest BCUT2D eigenvalue weighted by atomic mass is 16.6. The highest BCUT2D eigenvalue weighted by Gasteiger charge is 2.32. The fourth-order valence-corrected chi connectivity index (χ4v) is 2.78. The van der Waals surface area contributed by atoms with Crippen molar-refractivity contribution < 1.29 is 14.3 Å². The molecule has 2 N–H and O–H groups in total. The van der Waals surface area contributed by atoms with E-state index in [1.165, 1.54) is 12.7 Å². The van der Waals surface area contributed by atoms with Crippen LogP contribution in [0.3, 0.4) is 0 Å². The SMILES string of the molecule is CN(C(=O)C1=COCCO1)C1CCCCC1CN. The van der Waals surface area contributed by atoms with Crippen molar-refractivity contribution in [2.24, 2.45) is 11.7 Å². The molecule has 0 saturated heterocycles. The first kappa shape index (κ1) is 13.2. The van der Waals surface area contributed by atoms with Crippen LogP contribution in [-0.4, -0.2) is 43.7 Å². The number of amides is 1. The Morgan fingerprint density at radius 1 is 1.44 bits per heavy atom. The summed E-state index contributed by atoms with van der Waals surface area (Å²) >= 11 is 0. The van der Waals surface area contributed by atoms with Crippen molar-refractivity contribution in [1.29, 1.82) is 0 Å². The summed E-state index contributed by atoms with van der Waals surface area (Å²) in [6.07, 6.45) is 5.92. The number of carbonyl (C=O) groups excluding carboxylic acids is 1. The van der Waals surface area contributed by atoms with Gasteiger partial charge in [0, 0.05) is 13.1 Å². The summed E-state index contributed by atoms with van der Waals surface area (Å²) in [5, 5.41) is 0. The minimum atomic E-state index is -0.0972. The van der Waals surface area contributed by atoms with E-state index < -0.39 is 0 Å². The second-order valence-corrected chi connectivity index (χ2v) is 4.96. The van der Waals surface area contributed by atoms with E-state index in [0.717, 1.165) is 19.3 Å². The van der Waals surface area contributed by atoms with E-state index in [1.807, 2.05) is 7.05 Å². The topological polar surface area (TPSA) is 64.8 Å². The third-order valence-corrected chi connectivity index (χ3v) is 3.85. The van der Waals surface area contributed by atoms with Crippen molar-refractivity contribution in [3.8, 4) is 0 Å². The predicted octanol–water partition coefficient (Wildman–Crippen LogP) is 0.850. The molecule has 2 atom stereocenters. The summed E-state index contributed by atoms with van der Waals surface area (Å²) in [4.78, 5) is 14.0. The minimum Gasteiger partial charge on any atom is -0.494 e. The van der Waals surface area contributed by atoms with Crippen LogP contribution < -0.4 is 5.73 Å². The Balaban J connectivity index is 2.02. The van der Waals surface area contributed by atoms with E-state index in [-0.39, 0.29) is 11.9 Å². The summed E-state index contributed by atoms with van der Waals surface area (Å²) in [6, 6.07) is 0.225. The van der Waals surface area contributed by atoms with E-state index in [9.17, 15) is 4.79 Å². The zero-order valence-corrected chi connectivity index (χ0v) is 10.9. The lowest BCUT2D eigenvalue weighted by Crippen LogP contribution is -2.46. The molecule has 0 aromatic rings. The minimum absolute atomic E-state index is 0.0972. The van der Waals surface area contributed by atoms with E-state index in [0.29, 0.717) is 31.4 Å². The highest BCUT2D eigenvalue weighted by molar-refractivity contribution is 5.91. The van der Waals surface area contributed by atoms with Gasteiger partial charge in [-0.3, -0.25) is 4.79 Å². The third kappa shape index (κ3) is 2.77. The molecular formula is C13H22N2O3. The molecule has 1 aliphatic carbocycles. The van der Waals surface area contributed by atoms with Crippen LogP contribution in [0.1, 0.15) is 25.7 Å². The van der Waals surface area contributed by atoms with Gasteiger partial charge in [0.1, 0.15) is 19.5 Å². The monoisotopic (exact) mass is 254 g/mol. The maximum atomic E-state index is 12.3. The highest BCUT2D eigenvalue weighted by Crippen LogP contribution is 2.28. The first-order chi connectivity index (χ1) is 8.74. The van der Waals surface area contributed by atoms with Gasteiger partial charge in [-0.25, -0.2) is 0 Å². The van der Waals surface area contributed by atoms with Crippen LogP contribution >= 0.6 is 0 Å². The van der Waals surface area contributed by atoms with Crippen LogP contribution in [0.4, 0.5) is 0 Å². The molecule has 5 nitrogen and oxygen atoms in total. The molecule has 102 valence electrons. The van der Waals surface area contributed by atoms with Gasteiger partial charge in [-0.15, -0.1) is 0 Å². The molecule has 2 rings (SSSR count). The van der Waals surface area contributed by atoms with Gasteiger partial charge in [-0.05, 0) is 25.3 Å². The number of hydrogen-bond donors (Lipinski definition) is 1. The van der Waals surface area contributed by atoms with Crippen LogP contribution in [0.15, 0.2) is 12.0 Å². The maximum absolute atomic E-state index is 12.3. The molecule has 2 aliphatic rings. The van der Waals surface area contributed by atoms with E-state index >= 15 is 0 Å². The molecule has 0 bridgehead atoms. The van der Waals surface area contributed by atoms with Gasteiger partial charge in [0.05, 0.1) is 0 Å². The Morgan fingerprint density at radius 2 is 2.22 bits per heavy atom. The van der Waals surface area contributed by atoms with Gasteiger partial charge < -0.3 is 20.1 Å². The molecule has 1 amide bonds. The molecule has 0 aromatic heterocycles. The molecule has 2 unspecified atom stereocenters. The number of nitrogens with zero attached hydrogens (tertiary/aromatic N) is 1. The summed E-state index contributed by atoms with van der Waals surface area (Å²) in [5.74, 6) is 0.614. The van der Waals surface area contributed by atoms with Crippen LogP contribution in [0, 0.1) is 5.92 Å². The number of hydrogen-bond acceptors (Lipinski definition) is 4. The number of carbonyl (C=O) groups is 1. The predicted molar refractivity (Wildman–Crippen MR) is 67.6 cm³/mol. The van der Waals surface area contributed by atoms with Crippen LogP contribution in [0.5, 0.6) is 0 Å². The summed E-state index contributed by atoms with van der Waals surface area (Å²) < 4.78 is 10.5. The number of rotatable bonds is 3.